The topological polar surface area (TPSA) is 69.6 Å². The Balaban J connectivity index is 1.69. The first-order valence-electron chi connectivity index (χ1n) is 8.47. The normalized spacial score (nSPS) is 17.0. The summed E-state index contributed by atoms with van der Waals surface area (Å²) in [5.74, 6) is -0.707. The summed E-state index contributed by atoms with van der Waals surface area (Å²) in [6, 6.07) is 12.9. The summed E-state index contributed by atoms with van der Waals surface area (Å²) in [6.45, 7) is 4.29. The van der Waals surface area contributed by atoms with E-state index in [1.165, 1.54) is 5.56 Å². The standard InChI is InChI=1S/C20H22N2O3/c1-3-14-5-7-16(8-6-14)22-12-15(11-19(22)24)20(25)21-17-9-4-13(2)10-18(17)23/h4-10,15,23H,3,11-12H2,1-2H3,(H,21,25). The summed E-state index contributed by atoms with van der Waals surface area (Å²) in [4.78, 5) is 26.4. The number of aromatic hydroxyl groups is 1. The van der Waals surface area contributed by atoms with Crippen molar-refractivity contribution in [2.45, 2.75) is 26.7 Å². The molecule has 25 heavy (non-hydrogen) atoms. The van der Waals surface area contributed by atoms with Crippen molar-refractivity contribution in [3.05, 3.63) is 53.6 Å². The molecule has 2 N–H and O–H groups in total. The number of phenols is 1. The highest BCUT2D eigenvalue weighted by molar-refractivity contribution is 6.03. The fraction of sp³-hybridized carbons (Fsp3) is 0.300. The molecule has 2 aromatic rings. The van der Waals surface area contributed by atoms with Crippen LogP contribution in [0.25, 0.3) is 0 Å². The molecule has 0 radical (unpaired) electrons. The van der Waals surface area contributed by atoms with Crippen LogP contribution in [0.4, 0.5) is 11.4 Å². The third-order valence-electron chi connectivity index (χ3n) is 4.56. The number of hydrogen-bond acceptors (Lipinski definition) is 3. The van der Waals surface area contributed by atoms with Crippen LogP contribution in [0.3, 0.4) is 0 Å². The summed E-state index contributed by atoms with van der Waals surface area (Å²) in [7, 11) is 0. The zero-order valence-electron chi connectivity index (χ0n) is 14.5. The van der Waals surface area contributed by atoms with E-state index in [0.29, 0.717) is 12.2 Å². The fourth-order valence-electron chi connectivity index (χ4n) is 3.03. The van der Waals surface area contributed by atoms with E-state index < -0.39 is 5.92 Å². The van der Waals surface area contributed by atoms with Crippen LogP contribution >= 0.6 is 0 Å². The van der Waals surface area contributed by atoms with E-state index in [-0.39, 0.29) is 24.0 Å². The highest BCUT2D eigenvalue weighted by Crippen LogP contribution is 2.28. The number of phenolic OH excluding ortho intramolecular Hbond substituents is 1. The zero-order valence-corrected chi connectivity index (χ0v) is 14.5. The van der Waals surface area contributed by atoms with E-state index in [0.717, 1.165) is 17.7 Å². The summed E-state index contributed by atoms with van der Waals surface area (Å²) in [5, 5.41) is 12.6. The first-order valence-corrected chi connectivity index (χ1v) is 8.47. The molecule has 0 saturated carbocycles. The van der Waals surface area contributed by atoms with E-state index in [9.17, 15) is 14.7 Å². The Labute approximate surface area is 147 Å². The smallest absolute Gasteiger partial charge is 0.229 e. The molecule has 5 heteroatoms. The number of amides is 2. The van der Waals surface area contributed by atoms with Crippen molar-refractivity contribution in [2.75, 3.05) is 16.8 Å². The van der Waals surface area contributed by atoms with Crippen LogP contribution in [0, 0.1) is 12.8 Å². The molecule has 3 rings (SSSR count). The number of nitrogens with one attached hydrogen (secondary N) is 1. The lowest BCUT2D eigenvalue weighted by atomic mass is 10.1. The van der Waals surface area contributed by atoms with Gasteiger partial charge in [0.2, 0.25) is 11.8 Å². The molecule has 2 amide bonds. The molecule has 1 atom stereocenters. The molecule has 0 bridgehead atoms. The number of rotatable bonds is 4. The molecule has 0 spiro atoms. The summed E-state index contributed by atoms with van der Waals surface area (Å²) < 4.78 is 0. The number of anilines is 2. The van der Waals surface area contributed by atoms with Gasteiger partial charge in [-0.1, -0.05) is 25.1 Å². The largest absolute Gasteiger partial charge is 0.506 e. The maximum absolute atomic E-state index is 12.5. The number of carbonyl (C=O) groups is 2. The van der Waals surface area contributed by atoms with Crippen molar-refractivity contribution in [3.63, 3.8) is 0 Å². The second-order valence-corrected chi connectivity index (χ2v) is 6.44. The molecule has 2 aromatic carbocycles. The number of hydrogen-bond donors (Lipinski definition) is 2. The predicted molar refractivity (Wildman–Crippen MR) is 97.8 cm³/mol. The minimum Gasteiger partial charge on any atom is -0.506 e. The molecule has 1 fully saturated rings. The van der Waals surface area contributed by atoms with Crippen molar-refractivity contribution in [1.29, 1.82) is 0 Å². The number of carbonyl (C=O) groups excluding carboxylic acids is 2. The Kier molecular flexibility index (Phi) is 4.74. The molecule has 1 unspecified atom stereocenters. The Morgan fingerprint density at radius 2 is 1.96 bits per heavy atom. The molecule has 5 nitrogen and oxygen atoms in total. The number of aryl methyl sites for hydroxylation is 2. The van der Waals surface area contributed by atoms with Crippen molar-refractivity contribution >= 4 is 23.2 Å². The van der Waals surface area contributed by atoms with Gasteiger partial charge in [0.05, 0.1) is 11.6 Å². The minimum absolute atomic E-state index is 0.0321. The molecule has 1 aliphatic heterocycles. The SMILES string of the molecule is CCc1ccc(N2CC(C(=O)Nc3ccc(C)cc3O)CC2=O)cc1. The van der Waals surface area contributed by atoms with Crippen LogP contribution in [-0.2, 0) is 16.0 Å². The van der Waals surface area contributed by atoms with Crippen LogP contribution in [0.15, 0.2) is 42.5 Å². The average Bonchev–Trinajstić information content (AvgIpc) is 2.99. The molecule has 1 saturated heterocycles. The third-order valence-corrected chi connectivity index (χ3v) is 4.56. The van der Waals surface area contributed by atoms with Gasteiger partial charge in [0.1, 0.15) is 5.75 Å². The van der Waals surface area contributed by atoms with Gasteiger partial charge < -0.3 is 15.3 Å². The summed E-state index contributed by atoms with van der Waals surface area (Å²) in [6.07, 6.45) is 1.12. The van der Waals surface area contributed by atoms with Gasteiger partial charge in [-0.25, -0.2) is 0 Å². The van der Waals surface area contributed by atoms with Crippen molar-refractivity contribution in [3.8, 4) is 5.75 Å². The molecule has 1 heterocycles. The molecular formula is C20H22N2O3. The predicted octanol–water partition coefficient (Wildman–Crippen LogP) is 3.25. The number of benzene rings is 2. The number of nitrogens with zero attached hydrogens (tertiary/aromatic N) is 1. The highest BCUT2D eigenvalue weighted by Gasteiger charge is 2.35. The first-order chi connectivity index (χ1) is 12.0. The van der Waals surface area contributed by atoms with Gasteiger partial charge in [-0.15, -0.1) is 0 Å². The van der Waals surface area contributed by atoms with Crippen LogP contribution in [0.2, 0.25) is 0 Å². The monoisotopic (exact) mass is 338 g/mol. The second-order valence-electron chi connectivity index (χ2n) is 6.44. The fourth-order valence-corrected chi connectivity index (χ4v) is 3.03. The minimum atomic E-state index is -0.431. The zero-order chi connectivity index (χ0) is 18.0. The van der Waals surface area contributed by atoms with Gasteiger partial charge in [0.25, 0.3) is 0 Å². The molecule has 0 aliphatic carbocycles. The van der Waals surface area contributed by atoms with Crippen LogP contribution in [-0.4, -0.2) is 23.5 Å². The van der Waals surface area contributed by atoms with Crippen LogP contribution < -0.4 is 10.2 Å². The average molecular weight is 338 g/mol. The van der Waals surface area contributed by atoms with Gasteiger partial charge in [-0.3, -0.25) is 9.59 Å². The van der Waals surface area contributed by atoms with Gasteiger partial charge in [-0.2, -0.15) is 0 Å². The Morgan fingerprint density at radius 1 is 1.24 bits per heavy atom. The van der Waals surface area contributed by atoms with Crippen molar-refractivity contribution < 1.29 is 14.7 Å². The molecule has 0 aromatic heterocycles. The van der Waals surface area contributed by atoms with Crippen molar-refractivity contribution in [1.82, 2.24) is 0 Å². The first kappa shape index (κ1) is 17.0. The second kappa shape index (κ2) is 6.97. The maximum atomic E-state index is 12.5. The van der Waals surface area contributed by atoms with Gasteiger partial charge in [0.15, 0.2) is 0 Å². The Hall–Kier alpha value is -2.82. The third kappa shape index (κ3) is 3.65. The van der Waals surface area contributed by atoms with E-state index in [1.54, 1.807) is 17.0 Å². The van der Waals surface area contributed by atoms with Gasteiger partial charge >= 0.3 is 0 Å². The quantitative estimate of drug-likeness (QED) is 0.841. The van der Waals surface area contributed by atoms with Gasteiger partial charge in [0, 0.05) is 18.7 Å². The van der Waals surface area contributed by atoms with Crippen LogP contribution in [0.1, 0.15) is 24.5 Å². The molecular weight excluding hydrogens is 316 g/mol. The van der Waals surface area contributed by atoms with E-state index in [1.807, 2.05) is 37.3 Å². The van der Waals surface area contributed by atoms with E-state index in [4.69, 9.17) is 0 Å². The lowest BCUT2D eigenvalue weighted by Crippen LogP contribution is -2.28. The lowest BCUT2D eigenvalue weighted by Gasteiger charge is -2.17. The molecule has 1 aliphatic rings. The van der Waals surface area contributed by atoms with Crippen LogP contribution in [0.5, 0.6) is 5.75 Å². The molecule has 130 valence electrons. The lowest BCUT2D eigenvalue weighted by molar-refractivity contribution is -0.122. The Morgan fingerprint density at radius 3 is 2.60 bits per heavy atom. The summed E-state index contributed by atoms with van der Waals surface area (Å²) in [5.41, 5.74) is 3.30. The highest BCUT2D eigenvalue weighted by atomic mass is 16.3. The summed E-state index contributed by atoms with van der Waals surface area (Å²) >= 11 is 0. The van der Waals surface area contributed by atoms with E-state index >= 15 is 0 Å². The van der Waals surface area contributed by atoms with E-state index in [2.05, 4.69) is 12.2 Å². The maximum Gasteiger partial charge on any atom is 0.229 e. The van der Waals surface area contributed by atoms with Crippen molar-refractivity contribution in [2.24, 2.45) is 5.92 Å². The van der Waals surface area contributed by atoms with Gasteiger partial charge in [-0.05, 0) is 48.7 Å². The Bertz CT molecular complexity index is 799.